The minimum atomic E-state index is -0.0726. The molecule has 12 aromatic rings. The molecule has 0 aromatic heterocycles. The molecule has 0 spiro atoms. The Morgan fingerprint density at radius 2 is 0.513 bits per heavy atom. The molecule has 12 rings (SSSR count). The molecule has 0 aliphatic rings. The van der Waals surface area contributed by atoms with Gasteiger partial charge in [-0.15, -0.1) is 0 Å². The Balaban J connectivity index is 1.42. The van der Waals surface area contributed by atoms with Crippen LogP contribution in [0.1, 0.15) is 184 Å². The monoisotopic (exact) mass is 995 g/mol. The highest BCUT2D eigenvalue weighted by Crippen LogP contribution is 2.56. The highest BCUT2D eigenvalue weighted by molar-refractivity contribution is 6.44. The van der Waals surface area contributed by atoms with E-state index in [1.54, 1.807) is 0 Å². The summed E-state index contributed by atoms with van der Waals surface area (Å²) in [5.74, 6) is 0. The summed E-state index contributed by atoms with van der Waals surface area (Å²) in [6.45, 7) is 50.1. The van der Waals surface area contributed by atoms with Gasteiger partial charge in [-0.2, -0.15) is 0 Å². The zero-order valence-corrected chi connectivity index (χ0v) is 50.0. The van der Waals surface area contributed by atoms with Crippen LogP contribution in [-0.4, -0.2) is 0 Å². The van der Waals surface area contributed by atoms with Crippen LogP contribution in [0.25, 0.3) is 119 Å². The molecule has 0 radical (unpaired) electrons. The van der Waals surface area contributed by atoms with Gasteiger partial charge in [0.25, 0.3) is 0 Å². The molecule has 0 unspecified atom stereocenters. The lowest BCUT2D eigenvalue weighted by atomic mass is 9.76. The van der Waals surface area contributed by atoms with Crippen LogP contribution in [0.5, 0.6) is 0 Å². The molecular weight excluding hydrogens is 913 g/mol. The quantitative estimate of drug-likeness (QED) is 0.151. The van der Waals surface area contributed by atoms with E-state index in [1.165, 1.54) is 158 Å². The van der Waals surface area contributed by atoms with Gasteiger partial charge in [0.2, 0.25) is 0 Å². The maximum absolute atomic E-state index is 2.67. The maximum Gasteiger partial charge on any atom is -0.000730 e. The zero-order chi connectivity index (χ0) is 54.7. The fraction of sp³-hybridized carbons (Fsp3) is 0.368. The fourth-order valence-corrected chi connectivity index (χ4v) is 13.0. The van der Waals surface area contributed by atoms with Crippen molar-refractivity contribution in [3.63, 3.8) is 0 Å². The summed E-state index contributed by atoms with van der Waals surface area (Å²) in [6, 6.07) is 48.0. The van der Waals surface area contributed by atoms with E-state index in [0.29, 0.717) is 0 Å². The molecule has 0 heteroatoms. The zero-order valence-electron chi connectivity index (χ0n) is 50.0. The fourth-order valence-electron chi connectivity index (χ4n) is 13.0. The highest BCUT2D eigenvalue weighted by Gasteiger charge is 2.32. The summed E-state index contributed by atoms with van der Waals surface area (Å²) in [5.41, 5.74) is 14.5. The second-order valence-electron chi connectivity index (χ2n) is 30.8. The van der Waals surface area contributed by atoms with Gasteiger partial charge >= 0.3 is 0 Å². The lowest BCUT2D eigenvalue weighted by Gasteiger charge is -2.28. The maximum atomic E-state index is 2.67. The normalized spacial score (nSPS) is 14.1. The highest BCUT2D eigenvalue weighted by atomic mass is 14.4. The van der Waals surface area contributed by atoms with Gasteiger partial charge in [-0.1, -0.05) is 230 Å². The van der Waals surface area contributed by atoms with Crippen LogP contribution < -0.4 is 0 Å². The average Bonchev–Trinajstić information content (AvgIpc) is 3.84. The van der Waals surface area contributed by atoms with Crippen molar-refractivity contribution in [2.75, 3.05) is 0 Å². The lowest BCUT2D eigenvalue weighted by molar-refractivity contribution is 0.568. The SMILES string of the molecule is CC(C)(C)c1cc(-c2c3cc4c(cc3c(-c3cc(C(C)(C)C)cc(C(C)(C)C)c3)c3c5cc(C(C)(C)C)cc6cc(C(C)(C)C)cc(c23)c65)c2cc3cc(C(C)(C)C)cc5ccc6ccc4c2c6c53)cc(C(C)(C)C)c1. The van der Waals surface area contributed by atoms with E-state index in [-0.39, 0.29) is 37.9 Å². The van der Waals surface area contributed by atoms with Gasteiger partial charge in [0.1, 0.15) is 0 Å². The van der Waals surface area contributed by atoms with Gasteiger partial charge in [-0.05, 0) is 226 Å². The van der Waals surface area contributed by atoms with Gasteiger partial charge < -0.3 is 0 Å². The average molecular weight is 995 g/mol. The van der Waals surface area contributed by atoms with E-state index in [0.717, 1.165) is 0 Å². The second-order valence-corrected chi connectivity index (χ2v) is 30.8. The molecule has 0 aliphatic carbocycles. The second kappa shape index (κ2) is 15.7. The molecule has 0 heterocycles. The van der Waals surface area contributed by atoms with Crippen molar-refractivity contribution in [1.82, 2.24) is 0 Å². The van der Waals surface area contributed by atoms with Crippen molar-refractivity contribution in [2.45, 2.75) is 183 Å². The smallest absolute Gasteiger partial charge is 0.000730 e. The van der Waals surface area contributed by atoms with Crippen molar-refractivity contribution in [3.05, 3.63) is 154 Å². The van der Waals surface area contributed by atoms with Gasteiger partial charge in [-0.3, -0.25) is 0 Å². The van der Waals surface area contributed by atoms with Crippen LogP contribution in [0.15, 0.2) is 115 Å². The minimum Gasteiger partial charge on any atom is -0.0561 e. The number of fused-ring (bicyclic) bond motifs is 7. The molecular formula is C76H82. The molecule has 0 fully saturated rings. The molecule has 0 nitrogen and oxygen atoms in total. The van der Waals surface area contributed by atoms with Crippen molar-refractivity contribution < 1.29 is 0 Å². The Morgan fingerprint density at radius 3 is 0.921 bits per heavy atom. The molecule has 0 aliphatic heterocycles. The summed E-state index contributed by atoms with van der Waals surface area (Å²) in [4.78, 5) is 0. The van der Waals surface area contributed by atoms with Crippen LogP contribution in [-0.2, 0) is 37.9 Å². The van der Waals surface area contributed by atoms with Crippen molar-refractivity contribution in [1.29, 1.82) is 0 Å². The Labute approximate surface area is 454 Å². The summed E-state index contributed by atoms with van der Waals surface area (Å²) < 4.78 is 0. The van der Waals surface area contributed by atoms with E-state index in [9.17, 15) is 0 Å². The molecule has 386 valence electrons. The summed E-state index contributed by atoms with van der Waals surface area (Å²) in [7, 11) is 0. The predicted octanol–water partition coefficient (Wildman–Crippen LogP) is 22.8. The molecule has 0 atom stereocenters. The summed E-state index contributed by atoms with van der Waals surface area (Å²) >= 11 is 0. The standard InChI is InChI=1S/C76H82/c1-70(2,3)47-26-42-23-22-41-24-25-54-55-39-58-59(40-56(55)57-34-46(33-47)62(42)66(41)67(54)57)65(45-31-50(73(10,11)12)36-51(32-45)74(13,14)15)69-61-38-53(76(19,20)21)28-43-27-52(75(16,17)18)37-60(63(43)61)68(69)64(58)44-29-48(71(4,5)6)35-49(30-44)72(7,8)9/h22-40H,1-21H3. The van der Waals surface area contributed by atoms with E-state index < -0.39 is 0 Å². The third-order valence-electron chi connectivity index (χ3n) is 17.8. The molecule has 0 saturated heterocycles. The molecule has 0 saturated carbocycles. The van der Waals surface area contributed by atoms with Crippen molar-refractivity contribution in [3.8, 4) is 22.3 Å². The minimum absolute atomic E-state index is 0.0152. The van der Waals surface area contributed by atoms with Crippen LogP contribution in [0.3, 0.4) is 0 Å². The first-order valence-electron chi connectivity index (χ1n) is 28.5. The first-order valence-corrected chi connectivity index (χ1v) is 28.5. The van der Waals surface area contributed by atoms with Crippen LogP contribution in [0.4, 0.5) is 0 Å². The first kappa shape index (κ1) is 50.6. The Kier molecular flexibility index (Phi) is 10.5. The molecule has 0 amide bonds. The van der Waals surface area contributed by atoms with Gasteiger partial charge in [0, 0.05) is 0 Å². The van der Waals surface area contributed by atoms with Crippen LogP contribution in [0, 0.1) is 0 Å². The lowest BCUT2D eigenvalue weighted by Crippen LogP contribution is -2.16. The largest absolute Gasteiger partial charge is 0.0561 e. The summed E-state index contributed by atoms with van der Waals surface area (Å²) in [5, 5.41) is 24.4. The van der Waals surface area contributed by atoms with Gasteiger partial charge in [0.05, 0.1) is 0 Å². The Morgan fingerprint density at radius 1 is 0.184 bits per heavy atom. The number of rotatable bonds is 2. The topological polar surface area (TPSA) is 0 Å². The predicted molar refractivity (Wildman–Crippen MR) is 339 cm³/mol. The van der Waals surface area contributed by atoms with E-state index in [4.69, 9.17) is 0 Å². The third kappa shape index (κ3) is 7.72. The van der Waals surface area contributed by atoms with E-state index in [1.807, 2.05) is 0 Å². The number of benzene rings is 10. The van der Waals surface area contributed by atoms with Crippen molar-refractivity contribution in [2.24, 2.45) is 0 Å². The van der Waals surface area contributed by atoms with Gasteiger partial charge in [-0.25, -0.2) is 0 Å². The Hall–Kier alpha value is -6.24. The van der Waals surface area contributed by atoms with Crippen LogP contribution >= 0.6 is 0 Å². The van der Waals surface area contributed by atoms with Crippen LogP contribution in [0.2, 0.25) is 0 Å². The first-order chi connectivity index (χ1) is 35.1. The van der Waals surface area contributed by atoms with Gasteiger partial charge in [0.15, 0.2) is 0 Å². The number of hydrogen-bond acceptors (Lipinski definition) is 0. The van der Waals surface area contributed by atoms with E-state index in [2.05, 4.69) is 261 Å². The molecule has 12 aromatic carbocycles. The van der Waals surface area contributed by atoms with Crippen molar-refractivity contribution >= 4 is 97.0 Å². The molecule has 0 N–H and O–H groups in total. The van der Waals surface area contributed by atoms with E-state index >= 15 is 0 Å². The molecule has 0 bridgehead atoms. The molecule has 76 heavy (non-hydrogen) atoms. The summed E-state index contributed by atoms with van der Waals surface area (Å²) in [6.07, 6.45) is 0. The number of hydrogen-bond donors (Lipinski definition) is 0. The third-order valence-corrected chi connectivity index (χ3v) is 17.8. The Bertz CT molecular complexity index is 4310.